The van der Waals surface area contributed by atoms with Crippen molar-refractivity contribution in [3.8, 4) is 11.5 Å². The maximum atomic E-state index is 12.7. The second-order valence-electron chi connectivity index (χ2n) is 7.13. The monoisotopic (exact) mass is 479 g/mol. The van der Waals surface area contributed by atoms with Crippen molar-refractivity contribution in [3.05, 3.63) is 88.0 Å². The van der Waals surface area contributed by atoms with Gasteiger partial charge in [0.2, 0.25) is 0 Å². The van der Waals surface area contributed by atoms with Crippen LogP contribution in [0.2, 0.25) is 5.02 Å². The fourth-order valence-corrected chi connectivity index (χ4v) is 4.19. The molecule has 0 bridgehead atoms. The number of carbonyl (C=O) groups excluding carboxylic acids is 1. The zero-order valence-electron chi connectivity index (χ0n) is 18.2. The summed E-state index contributed by atoms with van der Waals surface area (Å²) < 4.78 is 11.8. The van der Waals surface area contributed by atoms with Crippen molar-refractivity contribution in [2.45, 2.75) is 13.5 Å². The molecule has 4 rings (SSSR count). The summed E-state index contributed by atoms with van der Waals surface area (Å²) in [4.78, 5) is 23.5. The van der Waals surface area contributed by atoms with Crippen molar-refractivity contribution in [2.24, 2.45) is 4.99 Å². The molecule has 0 atom stereocenters. The van der Waals surface area contributed by atoms with Crippen LogP contribution in [0.1, 0.15) is 18.1 Å². The van der Waals surface area contributed by atoms with Gasteiger partial charge in [0, 0.05) is 18.3 Å². The summed E-state index contributed by atoms with van der Waals surface area (Å²) in [5.74, 6) is 1.15. The average molecular weight is 480 g/mol. The van der Waals surface area contributed by atoms with E-state index < -0.39 is 0 Å². The van der Waals surface area contributed by atoms with E-state index in [1.54, 1.807) is 19.4 Å². The molecule has 8 heteroatoms. The van der Waals surface area contributed by atoms with Gasteiger partial charge in [0.1, 0.15) is 6.61 Å². The van der Waals surface area contributed by atoms with Gasteiger partial charge < -0.3 is 9.47 Å². The fraction of sp³-hybridized carbons (Fsp3) is 0.160. The normalized spacial score (nSPS) is 16.0. The number of nitrogens with zero attached hydrogens (tertiary/aromatic N) is 3. The molecule has 1 aromatic heterocycles. The van der Waals surface area contributed by atoms with E-state index in [2.05, 4.69) is 9.98 Å². The third kappa shape index (κ3) is 5.74. The second-order valence-corrected chi connectivity index (χ2v) is 8.58. The molecule has 0 unspecified atom stereocenters. The number of amidine groups is 1. The Hall–Kier alpha value is -3.29. The lowest BCUT2D eigenvalue weighted by atomic mass is 10.1. The number of thioether (sulfide) groups is 1. The van der Waals surface area contributed by atoms with Crippen molar-refractivity contribution < 1.29 is 14.3 Å². The minimum absolute atomic E-state index is 0.108. The number of likely N-dealkylation sites (N-methyl/N-ethyl adjacent to an activating group) is 1. The van der Waals surface area contributed by atoms with E-state index in [4.69, 9.17) is 21.1 Å². The summed E-state index contributed by atoms with van der Waals surface area (Å²) in [5, 5.41) is 1.29. The molecule has 1 amide bonds. The Kier molecular flexibility index (Phi) is 7.32. The lowest BCUT2D eigenvalue weighted by Crippen LogP contribution is -2.23. The molecule has 0 N–H and O–H groups in total. The number of amides is 1. The van der Waals surface area contributed by atoms with Crippen molar-refractivity contribution in [1.82, 2.24) is 9.88 Å². The molecule has 6 nitrogen and oxygen atoms in total. The van der Waals surface area contributed by atoms with Gasteiger partial charge in [-0.05, 0) is 72.3 Å². The van der Waals surface area contributed by atoms with Crippen molar-refractivity contribution in [2.75, 3.05) is 13.7 Å². The van der Waals surface area contributed by atoms with Gasteiger partial charge in [0.05, 0.1) is 23.4 Å². The lowest BCUT2D eigenvalue weighted by molar-refractivity contribution is -0.121. The molecule has 168 valence electrons. The molecule has 0 aliphatic carbocycles. The number of aromatic nitrogens is 1. The van der Waals surface area contributed by atoms with Crippen molar-refractivity contribution in [3.63, 3.8) is 0 Å². The Bertz CT molecular complexity index is 1200. The van der Waals surface area contributed by atoms with Crippen molar-refractivity contribution >= 4 is 46.2 Å². The smallest absolute Gasteiger partial charge is 0.266 e. The molecular weight excluding hydrogens is 458 g/mol. The predicted molar refractivity (Wildman–Crippen MR) is 133 cm³/mol. The Labute approximate surface area is 201 Å². The average Bonchev–Trinajstić information content (AvgIpc) is 3.08. The van der Waals surface area contributed by atoms with Gasteiger partial charge in [-0.25, -0.2) is 4.99 Å². The molecule has 2 heterocycles. The summed E-state index contributed by atoms with van der Waals surface area (Å²) in [6, 6.07) is 16.8. The van der Waals surface area contributed by atoms with Gasteiger partial charge in [-0.1, -0.05) is 29.8 Å². The van der Waals surface area contributed by atoms with Crippen LogP contribution in [0.4, 0.5) is 5.69 Å². The molecular formula is C25H22ClN3O3S. The highest BCUT2D eigenvalue weighted by Gasteiger charge is 2.30. The van der Waals surface area contributed by atoms with Gasteiger partial charge in [-0.2, -0.15) is 0 Å². The maximum Gasteiger partial charge on any atom is 0.266 e. The van der Waals surface area contributed by atoms with E-state index in [-0.39, 0.29) is 5.91 Å². The zero-order chi connectivity index (χ0) is 23.2. The van der Waals surface area contributed by atoms with Crippen LogP contribution in [-0.2, 0) is 11.4 Å². The largest absolute Gasteiger partial charge is 0.490 e. The fourth-order valence-electron chi connectivity index (χ4n) is 3.08. The van der Waals surface area contributed by atoms with Gasteiger partial charge in [0.25, 0.3) is 5.91 Å². The molecule has 1 aliphatic rings. The third-order valence-corrected chi connectivity index (χ3v) is 6.06. The number of carbonyl (C=O) groups is 1. The van der Waals surface area contributed by atoms with Gasteiger partial charge >= 0.3 is 0 Å². The van der Waals surface area contributed by atoms with E-state index in [1.165, 1.54) is 16.7 Å². The van der Waals surface area contributed by atoms with Crippen LogP contribution in [0.25, 0.3) is 6.08 Å². The number of rotatable bonds is 7. The van der Waals surface area contributed by atoms with Crippen LogP contribution >= 0.6 is 23.4 Å². The van der Waals surface area contributed by atoms with Crippen LogP contribution in [-0.4, -0.2) is 34.6 Å². The number of benzene rings is 2. The van der Waals surface area contributed by atoms with Gasteiger partial charge in [0.15, 0.2) is 16.7 Å². The number of pyridine rings is 1. The highest BCUT2D eigenvalue weighted by atomic mass is 35.5. The number of hydrogen-bond donors (Lipinski definition) is 0. The quantitative estimate of drug-likeness (QED) is 0.392. The van der Waals surface area contributed by atoms with Crippen LogP contribution < -0.4 is 9.47 Å². The number of halogens is 1. The zero-order valence-corrected chi connectivity index (χ0v) is 19.8. The van der Waals surface area contributed by atoms with Crippen molar-refractivity contribution in [1.29, 1.82) is 0 Å². The Morgan fingerprint density at radius 3 is 2.67 bits per heavy atom. The van der Waals surface area contributed by atoms with Crippen LogP contribution in [0.5, 0.6) is 11.5 Å². The maximum absolute atomic E-state index is 12.7. The van der Waals surface area contributed by atoms with E-state index in [0.29, 0.717) is 45.5 Å². The summed E-state index contributed by atoms with van der Waals surface area (Å²) in [5.41, 5.74) is 2.54. The Balaban J connectivity index is 1.53. The summed E-state index contributed by atoms with van der Waals surface area (Å²) >= 11 is 7.27. The van der Waals surface area contributed by atoms with E-state index in [9.17, 15) is 4.79 Å². The Morgan fingerprint density at radius 1 is 1.12 bits per heavy atom. The Morgan fingerprint density at radius 2 is 1.94 bits per heavy atom. The second kappa shape index (κ2) is 10.6. The molecule has 1 fully saturated rings. The molecule has 33 heavy (non-hydrogen) atoms. The molecule has 1 aliphatic heterocycles. The highest BCUT2D eigenvalue weighted by Crippen LogP contribution is 2.35. The van der Waals surface area contributed by atoms with Crippen LogP contribution in [0.3, 0.4) is 0 Å². The molecule has 1 saturated heterocycles. The molecule has 0 radical (unpaired) electrons. The minimum Gasteiger partial charge on any atom is -0.490 e. The summed E-state index contributed by atoms with van der Waals surface area (Å²) in [6.07, 6.45) is 5.18. The summed E-state index contributed by atoms with van der Waals surface area (Å²) in [6.45, 7) is 2.81. The molecule has 0 spiro atoms. The van der Waals surface area contributed by atoms with Gasteiger partial charge in [-0.3, -0.25) is 14.7 Å². The predicted octanol–water partition coefficient (Wildman–Crippen LogP) is 5.95. The van der Waals surface area contributed by atoms with E-state index in [1.807, 2.05) is 67.6 Å². The standard InChI is InChI=1S/C25H22ClN3O3S/c1-3-31-22-13-18(8-11-21(22)32-16-17-6-9-19(26)10-7-17)14-23-24(30)29(2)25(33-23)28-20-5-4-12-27-15-20/h4-15H,3,16H2,1-2H3/b23-14-,28-25?. The first kappa shape index (κ1) is 22.9. The molecule has 2 aromatic carbocycles. The van der Waals surface area contributed by atoms with E-state index in [0.717, 1.165) is 11.1 Å². The number of aliphatic imine (C=N–C) groups is 1. The van der Waals surface area contributed by atoms with Gasteiger partial charge in [-0.15, -0.1) is 0 Å². The van der Waals surface area contributed by atoms with Crippen LogP contribution in [0, 0.1) is 0 Å². The minimum atomic E-state index is -0.108. The van der Waals surface area contributed by atoms with E-state index >= 15 is 0 Å². The first-order chi connectivity index (χ1) is 16.0. The third-order valence-electron chi connectivity index (χ3n) is 4.75. The SMILES string of the molecule is CCOc1cc(/C=C2\SC(=Nc3cccnc3)N(C)C2=O)ccc1OCc1ccc(Cl)cc1. The number of hydrogen-bond acceptors (Lipinski definition) is 6. The van der Waals surface area contributed by atoms with Crippen LogP contribution in [0.15, 0.2) is 76.9 Å². The number of ether oxygens (including phenoxy) is 2. The highest BCUT2D eigenvalue weighted by molar-refractivity contribution is 8.18. The first-order valence-corrected chi connectivity index (χ1v) is 11.5. The first-order valence-electron chi connectivity index (χ1n) is 10.3. The topological polar surface area (TPSA) is 64.0 Å². The summed E-state index contributed by atoms with van der Waals surface area (Å²) in [7, 11) is 1.71. The molecule has 3 aromatic rings. The molecule has 0 saturated carbocycles. The lowest BCUT2D eigenvalue weighted by Gasteiger charge is -2.13.